The van der Waals surface area contributed by atoms with E-state index < -0.39 is 0 Å². The molecule has 1 amide bonds. The molecule has 4 rings (SSSR count). The molecule has 1 aliphatic heterocycles. The van der Waals surface area contributed by atoms with Crippen LogP contribution in [0.2, 0.25) is 0 Å². The van der Waals surface area contributed by atoms with Crippen LogP contribution >= 0.6 is 0 Å². The summed E-state index contributed by atoms with van der Waals surface area (Å²) < 4.78 is 0. The van der Waals surface area contributed by atoms with Crippen LogP contribution in [0.5, 0.6) is 0 Å². The lowest BCUT2D eigenvalue weighted by Crippen LogP contribution is -2.39. The highest BCUT2D eigenvalue weighted by Gasteiger charge is 2.30. The molecular weight excluding hydrogens is 288 g/mol. The summed E-state index contributed by atoms with van der Waals surface area (Å²) in [6.45, 7) is 4.72. The fourth-order valence-corrected chi connectivity index (χ4v) is 3.32. The summed E-state index contributed by atoms with van der Waals surface area (Å²) in [4.78, 5) is 26.9. The Labute approximate surface area is 134 Å². The maximum absolute atomic E-state index is 12.9. The van der Waals surface area contributed by atoms with Gasteiger partial charge < -0.3 is 9.88 Å². The number of hydrogen-bond acceptors (Lipinski definition) is 3. The van der Waals surface area contributed by atoms with Crippen molar-refractivity contribution in [3.8, 4) is 0 Å². The van der Waals surface area contributed by atoms with Crippen LogP contribution in [0.15, 0.2) is 36.5 Å². The van der Waals surface area contributed by atoms with Gasteiger partial charge in [0.25, 0.3) is 5.91 Å². The molecular formula is C18H18N4O. The standard InChI is InChI=1S/C18H18N4O/c1-11-5-3-7-15-16(11)21-17(20-15)18(23)22-10-8-14-13(12(22)2)6-4-9-19-14/h3-7,9,12H,8,10H2,1-2H3,(H,20,21). The van der Waals surface area contributed by atoms with E-state index in [4.69, 9.17) is 0 Å². The van der Waals surface area contributed by atoms with Crippen molar-refractivity contribution in [3.63, 3.8) is 0 Å². The highest BCUT2D eigenvalue weighted by molar-refractivity contribution is 5.95. The Morgan fingerprint density at radius 3 is 3.00 bits per heavy atom. The molecule has 3 aromatic rings. The van der Waals surface area contributed by atoms with Gasteiger partial charge in [-0.05, 0) is 37.1 Å². The predicted octanol–water partition coefficient (Wildman–Crippen LogP) is 3.03. The van der Waals surface area contributed by atoms with Crippen molar-refractivity contribution in [1.82, 2.24) is 19.9 Å². The first-order valence-electron chi connectivity index (χ1n) is 7.85. The molecule has 1 atom stereocenters. The van der Waals surface area contributed by atoms with Gasteiger partial charge in [0.05, 0.1) is 17.1 Å². The zero-order chi connectivity index (χ0) is 16.0. The lowest BCUT2D eigenvalue weighted by Gasteiger charge is -2.34. The van der Waals surface area contributed by atoms with Crippen molar-refractivity contribution in [2.75, 3.05) is 6.54 Å². The molecule has 0 aliphatic carbocycles. The van der Waals surface area contributed by atoms with E-state index in [2.05, 4.69) is 21.0 Å². The third-order valence-corrected chi connectivity index (χ3v) is 4.61. The first-order valence-corrected chi connectivity index (χ1v) is 7.85. The normalized spacial score (nSPS) is 17.3. The minimum Gasteiger partial charge on any atom is -0.334 e. The van der Waals surface area contributed by atoms with Gasteiger partial charge in [-0.25, -0.2) is 4.98 Å². The van der Waals surface area contributed by atoms with E-state index in [9.17, 15) is 4.79 Å². The molecule has 23 heavy (non-hydrogen) atoms. The maximum atomic E-state index is 12.9. The van der Waals surface area contributed by atoms with Crippen LogP contribution in [-0.2, 0) is 6.42 Å². The number of nitrogens with zero attached hydrogens (tertiary/aromatic N) is 3. The Bertz CT molecular complexity index is 899. The van der Waals surface area contributed by atoms with E-state index in [0.717, 1.165) is 34.3 Å². The molecule has 1 aromatic carbocycles. The van der Waals surface area contributed by atoms with Crippen molar-refractivity contribution in [3.05, 3.63) is 59.2 Å². The fourth-order valence-electron chi connectivity index (χ4n) is 3.32. The molecule has 1 N–H and O–H groups in total. The Morgan fingerprint density at radius 1 is 1.30 bits per heavy atom. The lowest BCUT2D eigenvalue weighted by molar-refractivity contribution is 0.0665. The Hall–Kier alpha value is -2.69. The average molecular weight is 306 g/mol. The number of amides is 1. The van der Waals surface area contributed by atoms with E-state index in [0.29, 0.717) is 12.4 Å². The molecule has 3 heterocycles. The largest absolute Gasteiger partial charge is 0.334 e. The summed E-state index contributed by atoms with van der Waals surface area (Å²) in [5.74, 6) is 0.357. The van der Waals surface area contributed by atoms with Crippen molar-refractivity contribution in [2.45, 2.75) is 26.3 Å². The summed E-state index contributed by atoms with van der Waals surface area (Å²) in [6.07, 6.45) is 2.59. The van der Waals surface area contributed by atoms with Crippen LogP contribution < -0.4 is 0 Å². The number of H-pyrrole nitrogens is 1. The first kappa shape index (κ1) is 13.9. The molecule has 0 spiro atoms. The topological polar surface area (TPSA) is 61.9 Å². The van der Waals surface area contributed by atoms with Crippen LogP contribution in [-0.4, -0.2) is 32.3 Å². The van der Waals surface area contributed by atoms with Gasteiger partial charge in [-0.1, -0.05) is 18.2 Å². The number of rotatable bonds is 1. The number of aryl methyl sites for hydroxylation is 1. The second kappa shape index (κ2) is 5.19. The van der Waals surface area contributed by atoms with Crippen molar-refractivity contribution in [2.24, 2.45) is 0 Å². The molecule has 0 saturated carbocycles. The molecule has 0 saturated heterocycles. The van der Waals surface area contributed by atoms with Gasteiger partial charge in [-0.3, -0.25) is 9.78 Å². The number of hydrogen-bond donors (Lipinski definition) is 1. The van der Waals surface area contributed by atoms with Gasteiger partial charge in [0.2, 0.25) is 0 Å². The molecule has 0 bridgehead atoms. The summed E-state index contributed by atoms with van der Waals surface area (Å²) in [7, 11) is 0. The summed E-state index contributed by atoms with van der Waals surface area (Å²) in [5, 5.41) is 0. The van der Waals surface area contributed by atoms with Crippen molar-refractivity contribution >= 4 is 16.9 Å². The van der Waals surface area contributed by atoms with Crippen molar-refractivity contribution in [1.29, 1.82) is 0 Å². The van der Waals surface area contributed by atoms with Crippen LogP contribution in [0.3, 0.4) is 0 Å². The lowest BCUT2D eigenvalue weighted by atomic mass is 9.98. The van der Waals surface area contributed by atoms with Crippen LogP contribution in [0, 0.1) is 6.92 Å². The van der Waals surface area contributed by atoms with E-state index in [-0.39, 0.29) is 11.9 Å². The average Bonchev–Trinajstić information content (AvgIpc) is 3.01. The maximum Gasteiger partial charge on any atom is 0.290 e. The molecule has 5 nitrogen and oxygen atoms in total. The molecule has 0 radical (unpaired) electrons. The van der Waals surface area contributed by atoms with E-state index in [1.807, 2.05) is 49.2 Å². The Balaban J connectivity index is 1.70. The third-order valence-electron chi connectivity index (χ3n) is 4.61. The van der Waals surface area contributed by atoms with Gasteiger partial charge >= 0.3 is 0 Å². The number of imidazole rings is 1. The summed E-state index contributed by atoms with van der Waals surface area (Å²) >= 11 is 0. The zero-order valence-electron chi connectivity index (χ0n) is 13.2. The number of para-hydroxylation sites is 1. The SMILES string of the molecule is Cc1cccc2[nH]c(C(=O)N3CCc4ncccc4C3C)nc12. The highest BCUT2D eigenvalue weighted by Crippen LogP contribution is 2.29. The number of aromatic amines is 1. The van der Waals surface area contributed by atoms with Crippen LogP contribution in [0.1, 0.15) is 40.4 Å². The Kier molecular flexibility index (Phi) is 3.15. The van der Waals surface area contributed by atoms with Gasteiger partial charge in [0.1, 0.15) is 0 Å². The van der Waals surface area contributed by atoms with Gasteiger partial charge in [-0.15, -0.1) is 0 Å². The molecule has 5 heteroatoms. The second-order valence-electron chi connectivity index (χ2n) is 6.02. The van der Waals surface area contributed by atoms with E-state index >= 15 is 0 Å². The van der Waals surface area contributed by atoms with Gasteiger partial charge in [-0.2, -0.15) is 0 Å². The number of aromatic nitrogens is 3. The number of benzene rings is 1. The van der Waals surface area contributed by atoms with Gasteiger partial charge in [0, 0.05) is 24.9 Å². The number of pyridine rings is 1. The van der Waals surface area contributed by atoms with Gasteiger partial charge in [0.15, 0.2) is 5.82 Å². The van der Waals surface area contributed by atoms with E-state index in [1.54, 1.807) is 0 Å². The number of carbonyl (C=O) groups is 1. The highest BCUT2D eigenvalue weighted by atomic mass is 16.2. The molecule has 0 fully saturated rings. The van der Waals surface area contributed by atoms with Crippen LogP contribution in [0.4, 0.5) is 0 Å². The quantitative estimate of drug-likeness (QED) is 0.751. The molecule has 1 unspecified atom stereocenters. The minimum absolute atomic E-state index is 0.00857. The molecule has 2 aromatic heterocycles. The number of nitrogens with one attached hydrogen (secondary N) is 1. The third kappa shape index (κ3) is 2.20. The number of fused-ring (bicyclic) bond motifs is 2. The van der Waals surface area contributed by atoms with Crippen molar-refractivity contribution < 1.29 is 4.79 Å². The molecule has 116 valence electrons. The summed E-state index contributed by atoms with van der Waals surface area (Å²) in [6, 6.07) is 9.90. The second-order valence-corrected chi connectivity index (χ2v) is 6.02. The summed E-state index contributed by atoms with van der Waals surface area (Å²) in [5.41, 5.74) is 5.05. The predicted molar refractivity (Wildman–Crippen MR) is 88.2 cm³/mol. The molecule has 1 aliphatic rings. The Morgan fingerprint density at radius 2 is 2.17 bits per heavy atom. The van der Waals surface area contributed by atoms with E-state index in [1.165, 1.54) is 0 Å². The zero-order valence-corrected chi connectivity index (χ0v) is 13.2. The number of carbonyl (C=O) groups excluding carboxylic acids is 1. The smallest absolute Gasteiger partial charge is 0.290 e. The fraction of sp³-hybridized carbons (Fsp3) is 0.278. The minimum atomic E-state index is -0.0531. The van der Waals surface area contributed by atoms with Crippen LogP contribution in [0.25, 0.3) is 11.0 Å². The first-order chi connectivity index (χ1) is 11.1. The monoisotopic (exact) mass is 306 g/mol.